The van der Waals surface area contributed by atoms with Gasteiger partial charge in [-0.05, 0) is 105 Å². The summed E-state index contributed by atoms with van der Waals surface area (Å²) in [7, 11) is 0. The summed E-state index contributed by atoms with van der Waals surface area (Å²) in [5, 5.41) is 71.9. The number of aromatic amines is 1. The van der Waals surface area contributed by atoms with Gasteiger partial charge in [0.05, 0.1) is 38.3 Å². The molecule has 0 aliphatic heterocycles. The Morgan fingerprint density at radius 2 is 0.887 bits per heavy atom. The third-order valence-electron chi connectivity index (χ3n) is 17.7. The Kier molecular flexibility index (Phi) is 39.0. The van der Waals surface area contributed by atoms with E-state index < -0.39 is 199 Å². The van der Waals surface area contributed by atoms with Crippen molar-refractivity contribution in [2.24, 2.45) is 46.8 Å². The molecule has 0 bridgehead atoms. The number of nitrogens with one attached hydrogen (secondary N) is 13. The van der Waals surface area contributed by atoms with Crippen molar-refractivity contribution in [2.45, 2.75) is 225 Å². The summed E-state index contributed by atoms with van der Waals surface area (Å²) in [5.74, 6) is -15.8. The molecule has 3 aromatic rings. The highest BCUT2D eigenvalue weighted by atomic mass is 16.4. The van der Waals surface area contributed by atoms with Crippen molar-refractivity contribution in [1.82, 2.24) is 68.8 Å². The SMILES string of the molecule is CC[C@H](C)[C@H](NC(=O)CNC(=O)[C@H](CC(N)=O)NC(=O)[C@H](Cc1c[nH]c2ccccc12)NC(=O)[C@@H](NC(=O)[C@@H](NC(=O)[C@H](CO)NC(=O)[C@H](CC(C)C)NC(=O)[C@@H](N)Cc1ccccc1)[C@@H](C)O)[C@@H](C)CC)C(=O)N[C@@H](CCCCN)C(=O)N[C@@H](CO)C(=O)N[C@@H](CC(C)C)C(=O)N[C@@H](CC(C)C)C(=O)O. The first-order valence-corrected chi connectivity index (χ1v) is 36.1. The number of hydrogen-bond donors (Lipinski definition) is 20. The lowest BCUT2D eigenvalue weighted by Crippen LogP contribution is -2.63. The van der Waals surface area contributed by atoms with E-state index in [9.17, 15) is 87.5 Å². The van der Waals surface area contributed by atoms with Crippen LogP contribution in [0, 0.1) is 29.6 Å². The van der Waals surface area contributed by atoms with Gasteiger partial charge in [-0.1, -0.05) is 131 Å². The second-order valence-electron chi connectivity index (χ2n) is 28.1. The van der Waals surface area contributed by atoms with Gasteiger partial charge in [0.25, 0.3) is 0 Å². The predicted molar refractivity (Wildman–Crippen MR) is 392 cm³/mol. The quantitative estimate of drug-likeness (QED) is 0.0258. The summed E-state index contributed by atoms with van der Waals surface area (Å²) < 4.78 is 0. The number of hydrogen-bond acceptors (Lipinski definition) is 19. The van der Waals surface area contributed by atoms with Gasteiger partial charge in [-0.25, -0.2) is 4.79 Å². The maximum absolute atomic E-state index is 14.7. The molecule has 13 amide bonds. The van der Waals surface area contributed by atoms with Gasteiger partial charge in [0.1, 0.15) is 66.5 Å². The molecule has 34 heteroatoms. The Bertz CT molecular complexity index is 3430. The minimum atomic E-state index is -1.84. The normalized spacial score (nSPS) is 15.7. The van der Waals surface area contributed by atoms with Crippen LogP contribution in [0.15, 0.2) is 60.8 Å². The highest BCUT2D eigenvalue weighted by molar-refractivity contribution is 6.00. The van der Waals surface area contributed by atoms with Crippen LogP contribution in [0.3, 0.4) is 0 Å². The molecule has 0 aliphatic carbocycles. The van der Waals surface area contributed by atoms with Crippen molar-refractivity contribution in [1.29, 1.82) is 0 Å². The molecule has 0 saturated carbocycles. The first-order valence-electron chi connectivity index (χ1n) is 36.1. The van der Waals surface area contributed by atoms with E-state index in [0.717, 1.165) is 12.5 Å². The van der Waals surface area contributed by atoms with Crippen molar-refractivity contribution in [3.63, 3.8) is 0 Å². The lowest BCUT2D eigenvalue weighted by atomic mass is 9.96. The van der Waals surface area contributed by atoms with Crippen molar-refractivity contribution in [3.8, 4) is 0 Å². The number of fused-ring (bicyclic) bond motifs is 1. The number of unbranched alkanes of at least 4 members (excludes halogenated alkanes) is 1. The summed E-state index contributed by atoms with van der Waals surface area (Å²) in [6.45, 7) is 15.7. The molecule has 0 aliphatic rings. The third-order valence-corrected chi connectivity index (χ3v) is 17.7. The largest absolute Gasteiger partial charge is 0.480 e. The minimum absolute atomic E-state index is 0.0487. The van der Waals surface area contributed by atoms with Crippen LogP contribution in [-0.2, 0) is 80.0 Å². The monoisotopic (exact) mass is 1490 g/mol. The maximum atomic E-state index is 14.7. The van der Waals surface area contributed by atoms with Crippen LogP contribution in [0.4, 0.5) is 0 Å². The molecular formula is C72H114N16O18. The molecule has 0 fully saturated rings. The van der Waals surface area contributed by atoms with E-state index in [0.29, 0.717) is 22.9 Å². The molecule has 0 saturated heterocycles. The van der Waals surface area contributed by atoms with Crippen molar-refractivity contribution < 1.29 is 87.5 Å². The number of carbonyl (C=O) groups is 14. The van der Waals surface area contributed by atoms with E-state index in [4.69, 9.17) is 17.2 Å². The summed E-state index contributed by atoms with van der Waals surface area (Å²) in [6, 6.07) is -1.96. The van der Waals surface area contributed by atoms with Crippen molar-refractivity contribution in [3.05, 3.63) is 71.9 Å². The number of amides is 13. The van der Waals surface area contributed by atoms with Gasteiger partial charge in [0.2, 0.25) is 76.8 Å². The number of carbonyl (C=O) groups excluding carboxylic acids is 13. The molecule has 34 nitrogen and oxygen atoms in total. The molecule has 1 aromatic heterocycles. The summed E-state index contributed by atoms with van der Waals surface area (Å²) in [6.07, 6.45) is 0.245. The summed E-state index contributed by atoms with van der Waals surface area (Å²) in [4.78, 5) is 195. The molecule has 2 aromatic carbocycles. The summed E-state index contributed by atoms with van der Waals surface area (Å²) in [5.41, 5.74) is 19.4. The van der Waals surface area contributed by atoms with Crippen LogP contribution in [0.25, 0.3) is 10.9 Å². The van der Waals surface area contributed by atoms with Gasteiger partial charge in [0, 0.05) is 23.5 Å². The predicted octanol–water partition coefficient (Wildman–Crippen LogP) is -2.59. The molecule has 590 valence electrons. The molecule has 106 heavy (non-hydrogen) atoms. The molecule has 15 atom stereocenters. The van der Waals surface area contributed by atoms with E-state index in [2.05, 4.69) is 68.8 Å². The average Bonchev–Trinajstić information content (AvgIpc) is 1.64. The number of nitrogens with two attached hydrogens (primary N) is 3. The number of benzene rings is 2. The Labute approximate surface area is 618 Å². The topological polar surface area (TPSA) is 558 Å². The molecule has 3 rings (SSSR count). The fourth-order valence-electron chi connectivity index (χ4n) is 11.3. The zero-order valence-corrected chi connectivity index (χ0v) is 62.5. The molecule has 23 N–H and O–H groups in total. The van der Waals surface area contributed by atoms with Crippen LogP contribution >= 0.6 is 0 Å². The Morgan fingerprint density at radius 3 is 1.40 bits per heavy atom. The van der Waals surface area contributed by atoms with E-state index in [1.807, 2.05) is 0 Å². The second kappa shape index (κ2) is 45.7. The molecular weight excluding hydrogens is 1380 g/mol. The lowest BCUT2D eigenvalue weighted by molar-refractivity contribution is -0.143. The first kappa shape index (κ1) is 90.6. The number of carboxylic acids is 1. The maximum Gasteiger partial charge on any atom is 0.326 e. The summed E-state index contributed by atoms with van der Waals surface area (Å²) >= 11 is 0. The average molecular weight is 1490 g/mol. The van der Waals surface area contributed by atoms with E-state index in [-0.39, 0.29) is 82.1 Å². The Balaban J connectivity index is 1.86. The van der Waals surface area contributed by atoms with Crippen LogP contribution in [0.2, 0.25) is 0 Å². The molecule has 0 unspecified atom stereocenters. The first-order chi connectivity index (χ1) is 50.0. The smallest absolute Gasteiger partial charge is 0.326 e. The number of aromatic nitrogens is 1. The highest BCUT2D eigenvalue weighted by Gasteiger charge is 2.39. The van der Waals surface area contributed by atoms with Crippen LogP contribution in [-0.4, -0.2) is 213 Å². The Morgan fingerprint density at radius 1 is 0.462 bits per heavy atom. The van der Waals surface area contributed by atoms with E-state index >= 15 is 0 Å². The van der Waals surface area contributed by atoms with Crippen LogP contribution in [0.5, 0.6) is 0 Å². The van der Waals surface area contributed by atoms with Crippen molar-refractivity contribution >= 4 is 93.7 Å². The van der Waals surface area contributed by atoms with Crippen molar-refractivity contribution in [2.75, 3.05) is 26.3 Å². The van der Waals surface area contributed by atoms with Gasteiger partial charge < -0.3 is 106 Å². The zero-order valence-electron chi connectivity index (χ0n) is 62.5. The highest BCUT2D eigenvalue weighted by Crippen LogP contribution is 2.21. The fourth-order valence-corrected chi connectivity index (χ4v) is 11.3. The van der Waals surface area contributed by atoms with E-state index in [1.54, 1.807) is 130 Å². The number of aliphatic carboxylic acids is 1. The Hall–Kier alpha value is -9.64. The number of aliphatic hydroxyl groups is 3. The minimum Gasteiger partial charge on any atom is -0.480 e. The number of primary amides is 1. The molecule has 0 radical (unpaired) electrons. The second-order valence-corrected chi connectivity index (χ2v) is 28.1. The number of H-pyrrole nitrogens is 1. The van der Waals surface area contributed by atoms with Gasteiger partial charge >= 0.3 is 5.97 Å². The van der Waals surface area contributed by atoms with Gasteiger partial charge in [0.15, 0.2) is 0 Å². The number of carboxylic acid groups (broad SMARTS) is 1. The number of rotatable bonds is 48. The number of para-hydroxylation sites is 1. The lowest BCUT2D eigenvalue weighted by Gasteiger charge is -2.30. The zero-order chi connectivity index (χ0) is 79.7. The van der Waals surface area contributed by atoms with Gasteiger partial charge in [-0.15, -0.1) is 0 Å². The van der Waals surface area contributed by atoms with E-state index in [1.165, 1.54) is 0 Å². The van der Waals surface area contributed by atoms with Crippen LogP contribution in [0.1, 0.15) is 145 Å². The third kappa shape index (κ3) is 30.4. The standard InChI is InChI=1S/C72H114N16O18/c1-12-40(9)58(69(102)78-48(25-19-20-26-73)63(96)84-54(35-89)67(100)80-50(28-38(5)6)64(97)83-53(72(105)106)29-39(7)8)86-57(93)34-77-62(95)52(32-56(75)92)81-66(99)51(31-44-33-76-47-24-18-17-23-45(44)47)82-70(103)59(41(10)13-2)87-71(104)60(42(11)91)88-68(101)55(36-90)85-65(98)49(27-37(3)4)79-61(94)46(74)30-43-21-15-14-16-22-43/h14-18,21-24,33,37-42,46,48-55,58-60,76,89-91H,12-13,19-20,25-32,34-36,73-74H2,1-11H3,(H2,75,92)(H,77,95)(H,78,102)(H,79,94)(H,80,100)(H,81,99)(H,82,103)(H,83,97)(H,84,96)(H,85,98)(H,86,93)(H,87,104)(H,88,101)(H,105,106)/t40-,41-,42+,46-,48-,49-,50-,51-,52-,53-,54-,55-,58-,59-,60-/m0/s1. The van der Waals surface area contributed by atoms with Gasteiger partial charge in [-0.2, -0.15) is 0 Å². The van der Waals surface area contributed by atoms with Gasteiger partial charge in [-0.3, -0.25) is 62.3 Å². The fraction of sp³-hybridized carbons (Fsp3) is 0.611. The number of aliphatic hydroxyl groups excluding tert-OH is 3. The molecule has 0 spiro atoms. The van der Waals surface area contributed by atoms with Crippen LogP contribution < -0.4 is 81.0 Å². The molecule has 1 heterocycles.